The number of aromatic nitrogens is 1. The summed E-state index contributed by atoms with van der Waals surface area (Å²) in [5.74, 6) is -0.270. The van der Waals surface area contributed by atoms with Crippen molar-refractivity contribution in [1.29, 1.82) is 0 Å². The molecule has 5 N–H and O–H groups in total. The molecule has 1 atom stereocenters. The minimum Gasteiger partial charge on any atom is -0.358 e. The first kappa shape index (κ1) is 25.7. The monoisotopic (exact) mass is 492 g/mol. The van der Waals surface area contributed by atoms with Crippen LogP contribution in [0.25, 0.3) is 17.2 Å². The Morgan fingerprint density at radius 2 is 2.03 bits per heavy atom. The van der Waals surface area contributed by atoms with Crippen LogP contribution < -0.4 is 21.3 Å². The van der Waals surface area contributed by atoms with Crippen LogP contribution in [0, 0.1) is 13.8 Å². The molecule has 2 aliphatic rings. The van der Waals surface area contributed by atoms with Crippen LogP contribution in [-0.4, -0.2) is 67.9 Å². The van der Waals surface area contributed by atoms with Crippen molar-refractivity contribution in [3.05, 3.63) is 58.0 Å². The lowest BCUT2D eigenvalue weighted by Gasteiger charge is -2.25. The fraction of sp³-hybridized carbons (Fsp3) is 0.407. The molecule has 0 saturated heterocycles. The minimum atomic E-state index is -0.249. The quantitative estimate of drug-likeness (QED) is 0.344. The molecule has 192 valence electrons. The van der Waals surface area contributed by atoms with Crippen LogP contribution in [-0.2, 0) is 9.53 Å². The van der Waals surface area contributed by atoms with Gasteiger partial charge in [0.25, 0.3) is 11.8 Å². The normalized spacial score (nSPS) is 18.2. The molecule has 0 spiro atoms. The number of nitrogens with zero attached hydrogens (tertiary/aromatic N) is 1. The number of nitrogens with one attached hydrogen (secondary N) is 5. The topological polar surface area (TPSA) is 111 Å². The number of hydrogen-bond acceptors (Lipinski definition) is 6. The highest BCUT2D eigenvalue weighted by atomic mass is 16.5. The third kappa shape index (κ3) is 5.09. The van der Waals surface area contributed by atoms with E-state index in [4.69, 9.17) is 4.74 Å². The highest BCUT2D eigenvalue weighted by molar-refractivity contribution is 6.35. The largest absolute Gasteiger partial charge is 0.358 e. The Balaban J connectivity index is 1.63. The number of fused-ring (bicyclic) bond motifs is 1. The second-order valence-corrected chi connectivity index (χ2v) is 9.02. The van der Waals surface area contributed by atoms with Gasteiger partial charge in [-0.25, -0.2) is 0 Å². The minimum absolute atomic E-state index is 0.104. The van der Waals surface area contributed by atoms with Gasteiger partial charge in [-0.2, -0.15) is 0 Å². The molecule has 2 aliphatic heterocycles. The number of carbonyl (C=O) groups excluding carboxylic acids is 2. The van der Waals surface area contributed by atoms with E-state index in [1.165, 1.54) is 0 Å². The van der Waals surface area contributed by atoms with Gasteiger partial charge in [0.15, 0.2) is 6.35 Å². The smallest absolute Gasteiger partial charge is 0.256 e. The lowest BCUT2D eigenvalue weighted by Crippen LogP contribution is -2.45. The number of carbonyl (C=O) groups is 2. The van der Waals surface area contributed by atoms with Crippen LogP contribution in [0.2, 0.25) is 0 Å². The first-order valence-corrected chi connectivity index (χ1v) is 12.5. The number of ether oxygens (including phenoxy) is 1. The number of likely N-dealkylation sites (N-methyl/N-ethyl adjacent to an activating group) is 1. The molecule has 1 aromatic heterocycles. The summed E-state index contributed by atoms with van der Waals surface area (Å²) < 4.78 is 5.29. The van der Waals surface area contributed by atoms with Crippen molar-refractivity contribution >= 4 is 34.7 Å². The molecule has 0 bridgehead atoms. The first-order chi connectivity index (χ1) is 17.4. The second kappa shape index (κ2) is 11.1. The number of aromatic amines is 1. The highest BCUT2D eigenvalue weighted by Gasteiger charge is 2.29. The van der Waals surface area contributed by atoms with Crippen molar-refractivity contribution in [3.63, 3.8) is 0 Å². The molecule has 4 rings (SSSR count). The van der Waals surface area contributed by atoms with Crippen LogP contribution in [0.3, 0.4) is 0 Å². The molecule has 0 fully saturated rings. The Labute approximate surface area is 212 Å². The van der Waals surface area contributed by atoms with E-state index in [2.05, 4.69) is 45.0 Å². The number of H-pyrrole nitrogens is 1. The van der Waals surface area contributed by atoms with Gasteiger partial charge in [0.05, 0.1) is 11.1 Å². The van der Waals surface area contributed by atoms with Crippen LogP contribution >= 0.6 is 0 Å². The molecule has 3 heterocycles. The molecule has 36 heavy (non-hydrogen) atoms. The van der Waals surface area contributed by atoms with Crippen molar-refractivity contribution in [3.8, 4) is 0 Å². The number of rotatable bonds is 9. The number of benzene rings is 1. The maximum Gasteiger partial charge on any atom is 0.256 e. The van der Waals surface area contributed by atoms with E-state index in [1.54, 1.807) is 7.11 Å². The Kier molecular flexibility index (Phi) is 7.93. The number of amides is 2. The fourth-order valence-electron chi connectivity index (χ4n) is 4.83. The molecule has 9 heteroatoms. The summed E-state index contributed by atoms with van der Waals surface area (Å²) in [6.07, 6.45) is 3.52. The van der Waals surface area contributed by atoms with Gasteiger partial charge in [-0.05, 0) is 55.8 Å². The number of anilines is 1. The maximum absolute atomic E-state index is 13.0. The summed E-state index contributed by atoms with van der Waals surface area (Å²) in [4.78, 5) is 31.6. The average Bonchev–Trinajstić information content (AvgIpc) is 3.36. The van der Waals surface area contributed by atoms with Gasteiger partial charge in [-0.3, -0.25) is 14.9 Å². The Hall–Kier alpha value is -3.40. The lowest BCUT2D eigenvalue weighted by molar-refractivity contribution is -0.110. The van der Waals surface area contributed by atoms with Crippen LogP contribution in [0.1, 0.15) is 52.3 Å². The predicted molar refractivity (Wildman–Crippen MR) is 143 cm³/mol. The Morgan fingerprint density at radius 1 is 1.25 bits per heavy atom. The molecule has 2 aromatic rings. The fourth-order valence-corrected chi connectivity index (χ4v) is 4.83. The molecule has 1 aromatic carbocycles. The molecule has 0 aliphatic carbocycles. The zero-order valence-electron chi connectivity index (χ0n) is 21.7. The van der Waals surface area contributed by atoms with Crippen molar-refractivity contribution in [2.45, 2.75) is 34.0 Å². The van der Waals surface area contributed by atoms with Crippen molar-refractivity contribution in [1.82, 2.24) is 25.8 Å². The molecule has 0 radical (unpaired) electrons. The second-order valence-electron chi connectivity index (χ2n) is 9.02. The summed E-state index contributed by atoms with van der Waals surface area (Å²) >= 11 is 0. The van der Waals surface area contributed by atoms with Gasteiger partial charge in [-0.15, -0.1) is 0 Å². The van der Waals surface area contributed by atoms with E-state index in [9.17, 15) is 9.59 Å². The number of hydrogen-bond donors (Lipinski definition) is 5. The van der Waals surface area contributed by atoms with E-state index < -0.39 is 0 Å². The Morgan fingerprint density at radius 3 is 2.69 bits per heavy atom. The van der Waals surface area contributed by atoms with Crippen LogP contribution in [0.5, 0.6) is 0 Å². The summed E-state index contributed by atoms with van der Waals surface area (Å²) in [7, 11) is 1.63. The summed E-state index contributed by atoms with van der Waals surface area (Å²) in [5.41, 5.74) is 7.15. The van der Waals surface area contributed by atoms with E-state index in [1.807, 2.05) is 44.3 Å². The zero-order valence-corrected chi connectivity index (χ0v) is 21.7. The molecular weight excluding hydrogens is 456 g/mol. The molecule has 0 saturated carbocycles. The lowest BCUT2D eigenvalue weighted by atomic mass is 9.93. The first-order valence-electron chi connectivity index (χ1n) is 12.5. The average molecular weight is 493 g/mol. The van der Waals surface area contributed by atoms with Gasteiger partial charge < -0.3 is 30.6 Å². The number of methoxy groups -OCH3 is 1. The summed E-state index contributed by atoms with van der Waals surface area (Å²) in [6, 6.07) is 5.85. The third-order valence-corrected chi connectivity index (χ3v) is 6.90. The van der Waals surface area contributed by atoms with Gasteiger partial charge in [-0.1, -0.05) is 26.0 Å². The maximum atomic E-state index is 13.0. The standard InChI is InChI=1S/C27H36N6O3/c1-6-33(7-2)12-11-28-26(35)23-16(3)22(31-17(23)4)13-20-24-19(9-8-10-21(24)32-25(20)34)18-14-29-27(36-5)30-15-18/h8-10,13-14,27,29-31H,6-7,11-12,15H2,1-5H3,(H,28,35)(H,32,34)/b20-13-. The van der Waals surface area contributed by atoms with Crippen molar-refractivity contribution in [2.75, 3.05) is 45.2 Å². The summed E-state index contributed by atoms with van der Waals surface area (Å²) in [6.45, 7) is 11.9. The van der Waals surface area contributed by atoms with Crippen molar-refractivity contribution in [2.24, 2.45) is 0 Å². The summed E-state index contributed by atoms with van der Waals surface area (Å²) in [5, 5.41) is 12.5. The zero-order chi connectivity index (χ0) is 25.8. The highest BCUT2D eigenvalue weighted by Crippen LogP contribution is 2.39. The predicted octanol–water partition coefficient (Wildman–Crippen LogP) is 2.66. The SMILES string of the molecule is CCN(CC)CCNC(=O)c1c(C)[nH]c(/C=C2\C(=O)Nc3cccc(C4=CNC(OC)NC4)c32)c1C. The van der Waals surface area contributed by atoms with E-state index >= 15 is 0 Å². The molecule has 1 unspecified atom stereocenters. The van der Waals surface area contributed by atoms with Crippen LogP contribution in [0.4, 0.5) is 5.69 Å². The van der Waals surface area contributed by atoms with Gasteiger partial charge in [0.1, 0.15) is 0 Å². The molecule has 9 nitrogen and oxygen atoms in total. The third-order valence-electron chi connectivity index (χ3n) is 6.90. The number of aryl methyl sites for hydroxylation is 1. The van der Waals surface area contributed by atoms with Gasteiger partial charge in [0.2, 0.25) is 0 Å². The van der Waals surface area contributed by atoms with E-state index in [-0.39, 0.29) is 18.2 Å². The van der Waals surface area contributed by atoms with Gasteiger partial charge >= 0.3 is 0 Å². The van der Waals surface area contributed by atoms with Crippen LogP contribution in [0.15, 0.2) is 24.4 Å². The van der Waals surface area contributed by atoms with Crippen molar-refractivity contribution < 1.29 is 14.3 Å². The van der Waals surface area contributed by atoms with E-state index in [0.717, 1.165) is 59.0 Å². The molecule has 2 amide bonds. The van der Waals surface area contributed by atoms with Gasteiger partial charge in [0, 0.05) is 55.6 Å². The molecular formula is C27H36N6O3. The Bertz CT molecular complexity index is 1210. The van der Waals surface area contributed by atoms with E-state index in [0.29, 0.717) is 24.2 Å².